The predicted octanol–water partition coefficient (Wildman–Crippen LogP) is 4.84. The van der Waals surface area contributed by atoms with Crippen LogP contribution in [-0.2, 0) is 4.74 Å². The number of hydrogen-bond donors (Lipinski definition) is 1. The molecule has 0 saturated carbocycles. The minimum absolute atomic E-state index is 0.191. The van der Waals surface area contributed by atoms with E-state index in [4.69, 9.17) is 21.7 Å². The minimum atomic E-state index is -0.379. The topological polar surface area (TPSA) is 68.6 Å². The van der Waals surface area contributed by atoms with E-state index >= 15 is 0 Å². The van der Waals surface area contributed by atoms with Crippen LogP contribution in [0.1, 0.15) is 33.8 Å². The third-order valence-electron chi connectivity index (χ3n) is 6.08. The first-order chi connectivity index (χ1) is 17.1. The minimum Gasteiger partial charge on any atom is -0.497 e. The first-order valence-electron chi connectivity index (χ1n) is 11.1. The molecule has 0 radical (unpaired) electrons. The molecule has 176 valence electrons. The third-order valence-corrected chi connectivity index (χ3v) is 6.39. The van der Waals surface area contributed by atoms with Crippen molar-refractivity contribution in [3.05, 3.63) is 108 Å². The van der Waals surface area contributed by atoms with E-state index in [0.717, 1.165) is 28.5 Å². The zero-order chi connectivity index (χ0) is 24.4. The van der Waals surface area contributed by atoms with Crippen LogP contribution in [0.25, 0.3) is 5.69 Å². The van der Waals surface area contributed by atoms with E-state index in [-0.39, 0.29) is 18.1 Å². The number of nitrogens with zero attached hydrogens (tertiary/aromatic N) is 3. The molecule has 8 heteroatoms. The molecule has 1 fully saturated rings. The van der Waals surface area contributed by atoms with Crippen molar-refractivity contribution in [1.29, 1.82) is 0 Å². The highest BCUT2D eigenvalue weighted by Crippen LogP contribution is 2.42. The number of hydrogen-bond acceptors (Lipinski definition) is 5. The van der Waals surface area contributed by atoms with E-state index in [0.29, 0.717) is 10.7 Å². The first kappa shape index (κ1) is 22.6. The summed E-state index contributed by atoms with van der Waals surface area (Å²) >= 11 is 5.83. The van der Waals surface area contributed by atoms with Crippen molar-refractivity contribution in [2.75, 3.05) is 19.1 Å². The van der Waals surface area contributed by atoms with Crippen LogP contribution in [0.2, 0.25) is 0 Å². The molecule has 3 heterocycles. The number of pyridine rings is 1. The van der Waals surface area contributed by atoms with Gasteiger partial charge in [0.25, 0.3) is 0 Å². The molecule has 5 rings (SSSR count). The van der Waals surface area contributed by atoms with E-state index < -0.39 is 0 Å². The Balaban J connectivity index is 1.64. The quantitative estimate of drug-likeness (QED) is 0.310. The van der Waals surface area contributed by atoms with Gasteiger partial charge in [-0.25, -0.2) is 4.79 Å². The molecule has 1 aliphatic heterocycles. The average molecular weight is 485 g/mol. The maximum atomic E-state index is 12.2. The van der Waals surface area contributed by atoms with Crippen molar-refractivity contribution >= 4 is 29.0 Å². The summed E-state index contributed by atoms with van der Waals surface area (Å²) in [7, 11) is 3.03. The van der Waals surface area contributed by atoms with Gasteiger partial charge in [-0.15, -0.1) is 0 Å². The smallest absolute Gasteiger partial charge is 0.337 e. The Labute approximate surface area is 208 Å². The molecule has 2 aromatic heterocycles. The van der Waals surface area contributed by atoms with Crippen LogP contribution in [0.3, 0.4) is 0 Å². The SMILES string of the molecule is COC(=O)c1cccc(-n2cccc2[C@H]2[C@@H](c3ccccn3)NC(=S)N2c2ccc(OC)cc2)c1. The Morgan fingerprint density at radius 1 is 0.971 bits per heavy atom. The van der Waals surface area contributed by atoms with Gasteiger partial charge in [-0.1, -0.05) is 12.1 Å². The van der Waals surface area contributed by atoms with Gasteiger partial charge in [0.05, 0.1) is 31.5 Å². The molecule has 0 amide bonds. The second kappa shape index (κ2) is 9.60. The zero-order valence-corrected chi connectivity index (χ0v) is 20.1. The van der Waals surface area contributed by atoms with E-state index in [1.165, 1.54) is 7.11 Å². The van der Waals surface area contributed by atoms with Gasteiger partial charge in [0, 0.05) is 29.5 Å². The number of nitrogens with one attached hydrogen (secondary N) is 1. The van der Waals surface area contributed by atoms with E-state index in [1.54, 1.807) is 19.4 Å². The number of carbonyl (C=O) groups excluding carboxylic acids is 1. The zero-order valence-electron chi connectivity index (χ0n) is 19.3. The Bertz CT molecular complexity index is 1350. The first-order valence-corrected chi connectivity index (χ1v) is 11.5. The molecule has 2 atom stereocenters. The lowest BCUT2D eigenvalue weighted by atomic mass is 10.0. The molecule has 4 aromatic rings. The number of esters is 1. The second-order valence-corrected chi connectivity index (χ2v) is 8.43. The second-order valence-electron chi connectivity index (χ2n) is 8.04. The molecular formula is C27H24N4O3S. The Morgan fingerprint density at radius 3 is 2.51 bits per heavy atom. The molecule has 0 bridgehead atoms. The summed E-state index contributed by atoms with van der Waals surface area (Å²) in [4.78, 5) is 18.9. The molecule has 2 aromatic carbocycles. The van der Waals surface area contributed by atoms with Gasteiger partial charge in [0.2, 0.25) is 0 Å². The summed E-state index contributed by atoms with van der Waals surface area (Å²) in [6, 6.07) is 24.7. The van der Waals surface area contributed by atoms with Crippen LogP contribution in [0.15, 0.2) is 91.3 Å². The fourth-order valence-electron chi connectivity index (χ4n) is 4.45. The number of methoxy groups -OCH3 is 2. The van der Waals surface area contributed by atoms with Crippen molar-refractivity contribution in [3.8, 4) is 11.4 Å². The largest absolute Gasteiger partial charge is 0.497 e. The van der Waals surface area contributed by atoms with Gasteiger partial charge >= 0.3 is 5.97 Å². The number of ether oxygens (including phenoxy) is 2. The number of benzene rings is 2. The predicted molar refractivity (Wildman–Crippen MR) is 138 cm³/mol. The maximum Gasteiger partial charge on any atom is 0.337 e. The molecule has 0 aliphatic carbocycles. The molecule has 35 heavy (non-hydrogen) atoms. The van der Waals surface area contributed by atoms with Crippen molar-refractivity contribution in [2.45, 2.75) is 12.1 Å². The average Bonchev–Trinajstić information content (AvgIpc) is 3.53. The van der Waals surface area contributed by atoms with Crippen LogP contribution in [0.5, 0.6) is 5.75 Å². The normalized spacial score (nSPS) is 17.2. The monoisotopic (exact) mass is 484 g/mol. The van der Waals surface area contributed by atoms with Crippen LogP contribution in [-0.4, -0.2) is 34.9 Å². The lowest BCUT2D eigenvalue weighted by Gasteiger charge is -2.29. The molecule has 1 saturated heterocycles. The van der Waals surface area contributed by atoms with E-state index in [1.807, 2.05) is 72.9 Å². The van der Waals surface area contributed by atoms with Crippen LogP contribution in [0.4, 0.5) is 5.69 Å². The summed E-state index contributed by atoms with van der Waals surface area (Å²) in [5, 5.41) is 4.08. The van der Waals surface area contributed by atoms with Crippen molar-refractivity contribution in [2.24, 2.45) is 0 Å². The highest BCUT2D eigenvalue weighted by molar-refractivity contribution is 7.80. The number of aromatic nitrogens is 2. The van der Waals surface area contributed by atoms with Crippen LogP contribution < -0.4 is 15.0 Å². The highest BCUT2D eigenvalue weighted by atomic mass is 32.1. The lowest BCUT2D eigenvalue weighted by molar-refractivity contribution is 0.0600. The van der Waals surface area contributed by atoms with Crippen molar-refractivity contribution in [1.82, 2.24) is 14.9 Å². The summed E-state index contributed by atoms with van der Waals surface area (Å²) < 4.78 is 12.3. The standard InChI is InChI=1S/C27H24N4O3S/c1-33-21-13-11-19(12-14-21)31-25(24(29-27(31)35)22-9-3-4-15-28-22)23-10-6-16-30(23)20-8-5-7-18(17-20)26(32)34-2/h3-17,24-25H,1-2H3,(H,29,35)/t24-,25+/m1/s1. The third kappa shape index (κ3) is 4.24. The van der Waals surface area contributed by atoms with Gasteiger partial charge < -0.3 is 24.3 Å². The molecule has 0 spiro atoms. The summed E-state index contributed by atoms with van der Waals surface area (Å²) in [6.45, 7) is 0. The van der Waals surface area contributed by atoms with Crippen molar-refractivity contribution < 1.29 is 14.3 Å². The Hall–Kier alpha value is -4.17. The van der Waals surface area contributed by atoms with Crippen molar-refractivity contribution in [3.63, 3.8) is 0 Å². The molecule has 1 aliphatic rings. The molecular weight excluding hydrogens is 460 g/mol. The summed E-state index contributed by atoms with van der Waals surface area (Å²) in [6.07, 6.45) is 3.76. The molecule has 1 N–H and O–H groups in total. The van der Waals surface area contributed by atoms with Crippen LogP contribution in [0, 0.1) is 0 Å². The highest BCUT2D eigenvalue weighted by Gasteiger charge is 2.42. The Kier molecular flexibility index (Phi) is 6.20. The van der Waals surface area contributed by atoms with Gasteiger partial charge in [-0.2, -0.15) is 0 Å². The fourth-order valence-corrected chi connectivity index (χ4v) is 4.79. The van der Waals surface area contributed by atoms with E-state index in [2.05, 4.69) is 25.8 Å². The number of thiocarbonyl (C=S) groups is 1. The number of anilines is 1. The van der Waals surface area contributed by atoms with E-state index in [9.17, 15) is 4.79 Å². The summed E-state index contributed by atoms with van der Waals surface area (Å²) in [5.74, 6) is 0.392. The molecule has 0 unspecified atom stereocenters. The van der Waals surface area contributed by atoms with Gasteiger partial charge in [0.1, 0.15) is 11.8 Å². The Morgan fingerprint density at radius 2 is 1.80 bits per heavy atom. The fraction of sp³-hybridized carbons (Fsp3) is 0.148. The molecule has 7 nitrogen and oxygen atoms in total. The van der Waals surface area contributed by atoms with Crippen LogP contribution >= 0.6 is 12.2 Å². The number of rotatable bonds is 6. The van der Waals surface area contributed by atoms with Gasteiger partial charge in [-0.3, -0.25) is 4.98 Å². The summed E-state index contributed by atoms with van der Waals surface area (Å²) in [5.41, 5.74) is 4.14. The van der Waals surface area contributed by atoms with Gasteiger partial charge in [0.15, 0.2) is 5.11 Å². The van der Waals surface area contributed by atoms with Gasteiger partial charge in [-0.05, 0) is 78.9 Å². The maximum absolute atomic E-state index is 12.2. The lowest BCUT2D eigenvalue weighted by Crippen LogP contribution is -2.30. The number of carbonyl (C=O) groups is 1.